The topological polar surface area (TPSA) is 101 Å². The molecular weight excluding hydrogens is 250 g/mol. The first-order valence-electron chi connectivity index (χ1n) is 5.96. The molecule has 1 aliphatic rings. The summed E-state index contributed by atoms with van der Waals surface area (Å²) in [4.78, 5) is 15.4. The first-order valence-corrected chi connectivity index (χ1v) is 6.84. The van der Waals surface area contributed by atoms with Gasteiger partial charge in [0.2, 0.25) is 0 Å². The third-order valence-electron chi connectivity index (χ3n) is 3.23. The van der Waals surface area contributed by atoms with Crippen molar-refractivity contribution in [2.45, 2.75) is 29.2 Å². The van der Waals surface area contributed by atoms with Crippen LogP contribution >= 0.6 is 11.8 Å². The van der Waals surface area contributed by atoms with Crippen LogP contribution in [0.25, 0.3) is 11.2 Å². The molecule has 0 saturated heterocycles. The number of aliphatic hydroxyl groups excluding tert-OH is 1. The molecule has 2 atom stereocenters. The molecule has 18 heavy (non-hydrogen) atoms. The summed E-state index contributed by atoms with van der Waals surface area (Å²) >= 11 is 1.50. The Morgan fingerprint density at radius 1 is 1.44 bits per heavy atom. The Hall–Kier alpha value is -1.18. The van der Waals surface area contributed by atoms with Crippen LogP contribution in [0.4, 0.5) is 0 Å². The van der Waals surface area contributed by atoms with Gasteiger partial charge in [-0.1, -0.05) is 11.8 Å². The van der Waals surface area contributed by atoms with Crippen LogP contribution in [0.1, 0.15) is 12.8 Å². The van der Waals surface area contributed by atoms with Gasteiger partial charge >= 0.3 is 0 Å². The van der Waals surface area contributed by atoms with Crippen molar-refractivity contribution in [3.63, 3.8) is 0 Å². The Balaban J connectivity index is 1.83. The second-order valence-corrected chi connectivity index (χ2v) is 5.76. The molecule has 0 aromatic carbocycles. The van der Waals surface area contributed by atoms with Gasteiger partial charge in [0.15, 0.2) is 5.65 Å². The number of rotatable bonds is 5. The van der Waals surface area contributed by atoms with Gasteiger partial charge in [0, 0.05) is 11.3 Å². The Bertz CT molecular complexity index is 541. The molecule has 0 spiro atoms. The lowest BCUT2D eigenvalue weighted by atomic mass is 10.1. The molecule has 3 rings (SSSR count). The second-order valence-electron chi connectivity index (χ2n) is 4.53. The molecule has 2 aromatic heterocycles. The van der Waals surface area contributed by atoms with Crippen molar-refractivity contribution < 1.29 is 5.11 Å². The number of imidazole rings is 1. The minimum absolute atomic E-state index is 0.0212. The highest BCUT2D eigenvalue weighted by molar-refractivity contribution is 8.00. The van der Waals surface area contributed by atoms with Gasteiger partial charge in [-0.2, -0.15) is 0 Å². The number of nitrogens with one attached hydrogen (secondary N) is 1. The molecule has 1 saturated carbocycles. The van der Waals surface area contributed by atoms with E-state index in [0.717, 1.165) is 10.5 Å². The molecule has 1 aliphatic carbocycles. The molecule has 7 heteroatoms. The lowest BCUT2D eigenvalue weighted by Gasteiger charge is -2.20. The van der Waals surface area contributed by atoms with Gasteiger partial charge in [-0.05, 0) is 18.8 Å². The zero-order chi connectivity index (χ0) is 12.5. The minimum atomic E-state index is -0.0288. The van der Waals surface area contributed by atoms with Gasteiger partial charge < -0.3 is 15.8 Å². The summed E-state index contributed by atoms with van der Waals surface area (Å²) in [6.45, 7) is 0.0575. The maximum Gasteiger partial charge on any atom is 0.181 e. The van der Waals surface area contributed by atoms with Crippen LogP contribution in [0.3, 0.4) is 0 Å². The Labute approximate surface area is 108 Å². The molecule has 0 radical (unpaired) electrons. The van der Waals surface area contributed by atoms with Crippen LogP contribution < -0.4 is 5.73 Å². The molecule has 6 nitrogen and oxygen atoms in total. The average molecular weight is 265 g/mol. The van der Waals surface area contributed by atoms with Gasteiger partial charge in [0.1, 0.15) is 16.9 Å². The first kappa shape index (κ1) is 11.9. The van der Waals surface area contributed by atoms with Crippen molar-refractivity contribution in [3.8, 4) is 0 Å². The summed E-state index contributed by atoms with van der Waals surface area (Å²) < 4.78 is 0. The van der Waals surface area contributed by atoms with Crippen molar-refractivity contribution in [1.82, 2.24) is 19.9 Å². The van der Waals surface area contributed by atoms with Crippen LogP contribution in [-0.2, 0) is 0 Å². The molecule has 96 valence electrons. The summed E-state index contributed by atoms with van der Waals surface area (Å²) in [5, 5.41) is 10.3. The van der Waals surface area contributed by atoms with E-state index in [1.807, 2.05) is 0 Å². The zero-order valence-corrected chi connectivity index (χ0v) is 10.6. The average Bonchev–Trinajstić information content (AvgIpc) is 3.13. The summed E-state index contributed by atoms with van der Waals surface area (Å²) in [6, 6.07) is 0.0212. The van der Waals surface area contributed by atoms with Crippen molar-refractivity contribution in [2.75, 3.05) is 6.61 Å². The van der Waals surface area contributed by atoms with E-state index in [0.29, 0.717) is 11.6 Å². The molecule has 0 bridgehead atoms. The highest BCUT2D eigenvalue weighted by Gasteiger charge is 2.34. The molecular formula is C11H15N5OS. The molecule has 2 unspecified atom stereocenters. The standard InChI is InChI=1S/C11H15N5OS/c12-8(6-1-2-6)7(3-17)18-11-9-10(14-4-13-9)15-5-16-11/h4-8,17H,1-3,12H2,(H,13,14,15,16). The smallest absolute Gasteiger partial charge is 0.181 e. The van der Waals surface area contributed by atoms with Gasteiger partial charge in [-0.3, -0.25) is 0 Å². The number of aromatic amines is 1. The van der Waals surface area contributed by atoms with Crippen LogP contribution in [0.2, 0.25) is 0 Å². The third-order valence-corrected chi connectivity index (χ3v) is 4.53. The zero-order valence-electron chi connectivity index (χ0n) is 9.78. The van der Waals surface area contributed by atoms with E-state index in [9.17, 15) is 5.11 Å². The fourth-order valence-electron chi connectivity index (χ4n) is 2.00. The van der Waals surface area contributed by atoms with Crippen LogP contribution in [-0.4, -0.2) is 42.9 Å². The van der Waals surface area contributed by atoms with E-state index in [1.54, 1.807) is 6.33 Å². The number of thioether (sulfide) groups is 1. The minimum Gasteiger partial charge on any atom is -0.395 e. The van der Waals surface area contributed by atoms with Gasteiger partial charge in [-0.15, -0.1) is 0 Å². The second kappa shape index (κ2) is 4.83. The van der Waals surface area contributed by atoms with E-state index in [-0.39, 0.29) is 17.9 Å². The van der Waals surface area contributed by atoms with E-state index >= 15 is 0 Å². The number of fused-ring (bicyclic) bond motifs is 1. The largest absolute Gasteiger partial charge is 0.395 e. The van der Waals surface area contributed by atoms with E-state index in [4.69, 9.17) is 5.73 Å². The molecule has 0 amide bonds. The van der Waals surface area contributed by atoms with E-state index in [2.05, 4.69) is 19.9 Å². The fourth-order valence-corrected chi connectivity index (χ4v) is 3.11. The number of hydrogen-bond donors (Lipinski definition) is 3. The number of nitrogens with two attached hydrogens (primary N) is 1. The summed E-state index contributed by atoms with van der Waals surface area (Å²) in [7, 11) is 0. The SMILES string of the molecule is NC(C1CC1)C(CO)Sc1ncnc2nc[nH]c12. The molecule has 1 fully saturated rings. The first-order chi connectivity index (χ1) is 8.79. The Morgan fingerprint density at radius 3 is 3.00 bits per heavy atom. The summed E-state index contributed by atoms with van der Waals surface area (Å²) in [5.74, 6) is 0.550. The molecule has 4 N–H and O–H groups in total. The number of aromatic nitrogens is 4. The molecule has 2 aromatic rings. The predicted octanol–water partition coefficient (Wildman–Crippen LogP) is 0.543. The fraction of sp³-hybridized carbons (Fsp3) is 0.545. The van der Waals surface area contributed by atoms with Crippen molar-refractivity contribution >= 4 is 22.9 Å². The number of nitrogens with zero attached hydrogens (tertiary/aromatic N) is 3. The lowest BCUT2D eigenvalue weighted by molar-refractivity contribution is 0.277. The van der Waals surface area contributed by atoms with Crippen molar-refractivity contribution in [3.05, 3.63) is 12.7 Å². The van der Waals surface area contributed by atoms with Gasteiger partial charge in [0.25, 0.3) is 0 Å². The third kappa shape index (κ3) is 2.21. The number of H-pyrrole nitrogens is 1. The predicted molar refractivity (Wildman–Crippen MR) is 69.1 cm³/mol. The van der Waals surface area contributed by atoms with Crippen molar-refractivity contribution in [1.29, 1.82) is 0 Å². The molecule has 2 heterocycles. The number of aliphatic hydroxyl groups is 1. The maximum absolute atomic E-state index is 9.49. The number of hydrogen-bond acceptors (Lipinski definition) is 6. The van der Waals surface area contributed by atoms with Crippen LogP contribution in [0.5, 0.6) is 0 Å². The Kier molecular flexibility index (Phi) is 3.19. The van der Waals surface area contributed by atoms with Crippen molar-refractivity contribution in [2.24, 2.45) is 11.7 Å². The van der Waals surface area contributed by atoms with Gasteiger partial charge in [0.05, 0.1) is 12.9 Å². The summed E-state index contributed by atoms with van der Waals surface area (Å²) in [5.41, 5.74) is 7.60. The molecule has 0 aliphatic heterocycles. The van der Waals surface area contributed by atoms with E-state index < -0.39 is 0 Å². The van der Waals surface area contributed by atoms with Crippen LogP contribution in [0, 0.1) is 5.92 Å². The maximum atomic E-state index is 9.49. The lowest BCUT2D eigenvalue weighted by Crippen LogP contribution is -2.36. The normalized spacial score (nSPS) is 19.0. The Morgan fingerprint density at radius 2 is 2.28 bits per heavy atom. The highest BCUT2D eigenvalue weighted by atomic mass is 32.2. The quantitative estimate of drug-likeness (QED) is 0.539. The monoisotopic (exact) mass is 265 g/mol. The summed E-state index contributed by atoms with van der Waals surface area (Å²) in [6.07, 6.45) is 5.42. The van der Waals surface area contributed by atoms with Gasteiger partial charge in [-0.25, -0.2) is 15.0 Å². The van der Waals surface area contributed by atoms with E-state index in [1.165, 1.54) is 30.9 Å². The van der Waals surface area contributed by atoms with Crippen LogP contribution in [0.15, 0.2) is 17.7 Å². The highest BCUT2D eigenvalue weighted by Crippen LogP contribution is 2.38.